The molecule has 51 heavy (non-hydrogen) atoms. The Kier molecular flexibility index (Phi) is 11.4. The van der Waals surface area contributed by atoms with E-state index in [1.165, 1.54) is 0 Å². The third-order valence-electron chi connectivity index (χ3n) is 9.54. The zero-order chi connectivity index (χ0) is 36.2. The van der Waals surface area contributed by atoms with Crippen molar-refractivity contribution in [1.82, 2.24) is 9.62 Å². The number of hydrogen-bond acceptors (Lipinski definition) is 8. The molecule has 2 heterocycles. The van der Waals surface area contributed by atoms with Crippen LogP contribution < -0.4 is 4.72 Å². The normalized spacial score (nSPS) is 22.9. The molecule has 0 radical (unpaired) electrons. The van der Waals surface area contributed by atoms with E-state index in [0.29, 0.717) is 6.54 Å². The quantitative estimate of drug-likeness (QED) is 0.161. The van der Waals surface area contributed by atoms with Gasteiger partial charge in [0.15, 0.2) is 6.29 Å². The fourth-order valence-electron chi connectivity index (χ4n) is 6.80. The fraction of sp³-hybridized carbons (Fsp3) is 0.390. The zero-order valence-electron chi connectivity index (χ0n) is 29.7. The summed E-state index contributed by atoms with van der Waals surface area (Å²) in [6.07, 6.45) is 0.511. The van der Waals surface area contributed by atoms with Gasteiger partial charge in [0.2, 0.25) is 10.0 Å². The van der Waals surface area contributed by atoms with Crippen LogP contribution in [0.4, 0.5) is 0 Å². The molecule has 0 aliphatic carbocycles. The number of nitrogens with one attached hydrogen (secondary N) is 1. The molecule has 10 heteroatoms. The third kappa shape index (κ3) is 9.13. The van der Waals surface area contributed by atoms with Gasteiger partial charge in [0, 0.05) is 24.6 Å². The largest absolute Gasteiger partial charge is 0.459 e. The topological polar surface area (TPSA) is 114 Å². The van der Waals surface area contributed by atoms with Gasteiger partial charge in [0.05, 0.1) is 23.7 Å². The molecule has 4 aromatic rings. The number of benzene rings is 4. The lowest BCUT2D eigenvalue weighted by Crippen LogP contribution is -2.48. The van der Waals surface area contributed by atoms with Crippen molar-refractivity contribution in [3.05, 3.63) is 125 Å². The molecule has 0 aromatic heterocycles. The van der Waals surface area contributed by atoms with Gasteiger partial charge in [0.25, 0.3) is 0 Å². The number of carbonyl (C=O) groups is 1. The molecule has 5 unspecified atom stereocenters. The van der Waals surface area contributed by atoms with Crippen molar-refractivity contribution in [3.8, 4) is 11.1 Å². The first-order valence-electron chi connectivity index (χ1n) is 17.6. The lowest BCUT2D eigenvalue weighted by atomic mass is 9.89. The lowest BCUT2D eigenvalue weighted by Gasteiger charge is -2.43. The second kappa shape index (κ2) is 15.8. The molecule has 0 spiro atoms. The number of esters is 1. The van der Waals surface area contributed by atoms with E-state index in [1.807, 2.05) is 93.6 Å². The summed E-state index contributed by atoms with van der Waals surface area (Å²) in [5.41, 5.74) is 4.91. The Morgan fingerprint density at radius 1 is 0.882 bits per heavy atom. The smallest absolute Gasteiger partial charge is 0.323 e. The molecule has 2 aliphatic rings. The Labute approximate surface area is 301 Å². The average Bonchev–Trinajstić information content (AvgIpc) is 3.60. The summed E-state index contributed by atoms with van der Waals surface area (Å²) < 4.78 is 47.4. The molecule has 2 N–H and O–H groups in total. The van der Waals surface area contributed by atoms with E-state index in [0.717, 1.165) is 52.8 Å². The predicted molar refractivity (Wildman–Crippen MR) is 196 cm³/mol. The molecule has 270 valence electrons. The summed E-state index contributed by atoms with van der Waals surface area (Å²) in [6, 6.07) is 31.7. The summed E-state index contributed by atoms with van der Waals surface area (Å²) in [5.74, 6) is -0.219. The van der Waals surface area contributed by atoms with Crippen LogP contribution in [0.5, 0.6) is 0 Å². The number of rotatable bonds is 11. The molecule has 9 nitrogen and oxygen atoms in total. The second-order valence-corrected chi connectivity index (χ2v) is 16.2. The van der Waals surface area contributed by atoms with Crippen molar-refractivity contribution in [2.45, 2.75) is 88.7 Å². The van der Waals surface area contributed by atoms with Crippen LogP contribution in [0, 0.1) is 5.92 Å². The molecule has 2 aliphatic heterocycles. The zero-order valence-corrected chi connectivity index (χ0v) is 30.5. The summed E-state index contributed by atoms with van der Waals surface area (Å²) in [7, 11) is -3.63. The summed E-state index contributed by atoms with van der Waals surface area (Å²) in [4.78, 5) is 15.6. The lowest BCUT2D eigenvalue weighted by molar-refractivity contribution is -0.276. The number of sulfonamides is 1. The standard InChI is InChI=1S/C41H48N2O7S/c1-28-37(26-43-23-9-14-36(43)39(45)50-41(2,3)4)48-40(49-38(28)32-17-15-29(27-44)16-18-32)33-21-19-31(20-22-33)34-11-8-10-30(24-34)25-42-51(46,47)35-12-6-5-7-13-35/h5-8,10-13,15-22,24,28,36-38,40,42,44H,9,14,23,25-27H2,1-4H3. The Morgan fingerprint density at radius 2 is 1.59 bits per heavy atom. The average molecular weight is 713 g/mol. The van der Waals surface area contributed by atoms with E-state index in [2.05, 4.69) is 16.5 Å². The van der Waals surface area contributed by atoms with Gasteiger partial charge in [-0.2, -0.15) is 0 Å². The highest BCUT2D eigenvalue weighted by atomic mass is 32.2. The van der Waals surface area contributed by atoms with Crippen LogP contribution in [0.3, 0.4) is 0 Å². The first-order chi connectivity index (χ1) is 24.4. The van der Waals surface area contributed by atoms with Crippen molar-refractivity contribution in [2.75, 3.05) is 13.1 Å². The van der Waals surface area contributed by atoms with E-state index in [-0.39, 0.29) is 48.2 Å². The van der Waals surface area contributed by atoms with E-state index >= 15 is 0 Å². The van der Waals surface area contributed by atoms with E-state index in [9.17, 15) is 18.3 Å². The molecule has 5 atom stereocenters. The van der Waals surface area contributed by atoms with Crippen molar-refractivity contribution in [2.24, 2.45) is 5.92 Å². The van der Waals surface area contributed by atoms with Crippen molar-refractivity contribution in [1.29, 1.82) is 0 Å². The van der Waals surface area contributed by atoms with Gasteiger partial charge >= 0.3 is 5.97 Å². The minimum absolute atomic E-state index is 0.0255. The minimum Gasteiger partial charge on any atom is -0.459 e. The maximum Gasteiger partial charge on any atom is 0.323 e. The predicted octanol–water partition coefficient (Wildman–Crippen LogP) is 6.92. The number of aliphatic hydroxyl groups is 1. The number of likely N-dealkylation sites (tertiary alicyclic amines) is 1. The van der Waals surface area contributed by atoms with Gasteiger partial charge in [0.1, 0.15) is 11.6 Å². The molecular weight excluding hydrogens is 665 g/mol. The van der Waals surface area contributed by atoms with Gasteiger partial charge in [-0.1, -0.05) is 91.9 Å². The van der Waals surface area contributed by atoms with Crippen molar-refractivity contribution >= 4 is 16.0 Å². The monoisotopic (exact) mass is 712 g/mol. The van der Waals surface area contributed by atoms with E-state index in [4.69, 9.17) is 14.2 Å². The van der Waals surface area contributed by atoms with Crippen molar-refractivity contribution in [3.63, 3.8) is 0 Å². The van der Waals surface area contributed by atoms with Crippen LogP contribution in [0.15, 0.2) is 108 Å². The Balaban J connectivity index is 1.20. The van der Waals surface area contributed by atoms with Gasteiger partial charge in [-0.25, -0.2) is 13.1 Å². The van der Waals surface area contributed by atoms with Crippen molar-refractivity contribution < 1.29 is 32.5 Å². The van der Waals surface area contributed by atoms with Crippen LogP contribution in [-0.4, -0.2) is 55.2 Å². The second-order valence-electron chi connectivity index (χ2n) is 14.5. The fourth-order valence-corrected chi connectivity index (χ4v) is 7.83. The first kappa shape index (κ1) is 36.9. The Morgan fingerprint density at radius 3 is 2.27 bits per heavy atom. The molecule has 2 fully saturated rings. The summed E-state index contributed by atoms with van der Waals surface area (Å²) in [5, 5.41) is 9.62. The SMILES string of the molecule is CC1C(CN2CCCC2C(=O)OC(C)(C)C)OC(c2ccc(-c3cccc(CNS(=O)(=O)c4ccccc4)c3)cc2)OC1c1ccc(CO)cc1. The molecule has 6 rings (SSSR count). The number of nitrogens with zero attached hydrogens (tertiary/aromatic N) is 1. The summed E-state index contributed by atoms with van der Waals surface area (Å²) in [6.45, 7) is 9.29. The van der Waals surface area contributed by atoms with Crippen LogP contribution >= 0.6 is 0 Å². The Bertz CT molecular complexity index is 1880. The molecule has 0 bridgehead atoms. The molecule has 0 saturated carbocycles. The maximum atomic E-state index is 13.2. The number of aliphatic hydroxyl groups excluding tert-OH is 1. The minimum atomic E-state index is -3.63. The third-order valence-corrected chi connectivity index (χ3v) is 11.0. The highest BCUT2D eigenvalue weighted by Gasteiger charge is 2.42. The highest BCUT2D eigenvalue weighted by Crippen LogP contribution is 2.42. The Hall–Kier alpha value is -3.90. The van der Waals surface area contributed by atoms with Crippen LogP contribution in [-0.2, 0) is 42.2 Å². The van der Waals surface area contributed by atoms with E-state index in [1.54, 1.807) is 30.3 Å². The molecule has 0 amide bonds. The van der Waals surface area contributed by atoms with Gasteiger partial charge < -0.3 is 19.3 Å². The molecule has 2 saturated heterocycles. The van der Waals surface area contributed by atoms with Gasteiger partial charge in [-0.15, -0.1) is 0 Å². The molecular formula is C41H48N2O7S. The molecule has 4 aromatic carbocycles. The first-order valence-corrected chi connectivity index (χ1v) is 19.1. The van der Waals surface area contributed by atoms with Crippen LogP contribution in [0.2, 0.25) is 0 Å². The van der Waals surface area contributed by atoms with Gasteiger partial charge in [-0.05, 0) is 86.2 Å². The number of hydrogen-bond donors (Lipinski definition) is 2. The van der Waals surface area contributed by atoms with Gasteiger partial charge in [-0.3, -0.25) is 9.69 Å². The summed E-state index contributed by atoms with van der Waals surface area (Å²) >= 11 is 0. The maximum absolute atomic E-state index is 13.2. The highest BCUT2D eigenvalue weighted by molar-refractivity contribution is 7.89. The number of ether oxygens (including phenoxy) is 3. The van der Waals surface area contributed by atoms with Crippen LogP contribution in [0.1, 0.15) is 75.2 Å². The van der Waals surface area contributed by atoms with Crippen LogP contribution in [0.25, 0.3) is 11.1 Å². The van der Waals surface area contributed by atoms with E-state index < -0.39 is 21.9 Å². The number of carbonyl (C=O) groups excluding carboxylic acids is 1.